The van der Waals surface area contributed by atoms with Crippen molar-refractivity contribution in [3.8, 4) is 0 Å². The molecule has 2 aromatic rings. The first-order valence-electron chi connectivity index (χ1n) is 7.86. The Hall–Kier alpha value is -2.01. The van der Waals surface area contributed by atoms with E-state index in [-0.39, 0.29) is 18.1 Å². The van der Waals surface area contributed by atoms with E-state index in [4.69, 9.17) is 0 Å². The lowest BCUT2D eigenvalue weighted by molar-refractivity contribution is -0.127. The Morgan fingerprint density at radius 3 is 2.50 bits per heavy atom. The predicted octanol–water partition coefficient (Wildman–Crippen LogP) is 3.76. The number of benzene rings is 2. The Kier molecular flexibility index (Phi) is 4.30. The van der Waals surface area contributed by atoms with Gasteiger partial charge in [0, 0.05) is 0 Å². The Morgan fingerprint density at radius 1 is 1.12 bits per heavy atom. The highest BCUT2D eigenvalue weighted by atomic mass is 32.2. The van der Waals surface area contributed by atoms with Gasteiger partial charge >= 0.3 is 0 Å². The molecule has 1 amide bonds. The average Bonchev–Trinajstić information content (AvgIpc) is 2.52. The summed E-state index contributed by atoms with van der Waals surface area (Å²) in [6, 6.07) is 13.2. The SMILES string of the molecule is CC(C)(C)[S@@](=O)N1C(=O)Cc2ccccc2[C@@H]1c1cccc(F)c1. The summed E-state index contributed by atoms with van der Waals surface area (Å²) in [7, 11) is -1.54. The maximum Gasteiger partial charge on any atom is 0.239 e. The Labute approximate surface area is 144 Å². The number of hydrogen-bond acceptors (Lipinski definition) is 2. The van der Waals surface area contributed by atoms with Crippen molar-refractivity contribution in [3.05, 3.63) is 71.0 Å². The standard InChI is InChI=1S/C19H20FNO2S/c1-19(2,3)24(23)21-17(22)12-13-7-4-5-10-16(13)18(21)14-8-6-9-15(20)11-14/h4-11,18H,12H2,1-3H3/t18-,24+/m0/s1. The molecule has 1 aliphatic heterocycles. The van der Waals surface area contributed by atoms with Gasteiger partial charge in [0.15, 0.2) is 0 Å². The van der Waals surface area contributed by atoms with Crippen LogP contribution in [0.15, 0.2) is 48.5 Å². The van der Waals surface area contributed by atoms with Crippen LogP contribution in [0.25, 0.3) is 0 Å². The minimum Gasteiger partial charge on any atom is -0.273 e. The molecule has 0 bridgehead atoms. The van der Waals surface area contributed by atoms with E-state index in [9.17, 15) is 13.4 Å². The predicted molar refractivity (Wildman–Crippen MR) is 93.1 cm³/mol. The summed E-state index contributed by atoms with van der Waals surface area (Å²) in [4.78, 5) is 12.8. The second kappa shape index (κ2) is 6.13. The lowest BCUT2D eigenvalue weighted by Gasteiger charge is -2.39. The molecule has 0 fully saturated rings. The van der Waals surface area contributed by atoms with Gasteiger partial charge in [-0.1, -0.05) is 36.4 Å². The van der Waals surface area contributed by atoms with Crippen LogP contribution in [0, 0.1) is 5.82 Å². The van der Waals surface area contributed by atoms with Gasteiger partial charge < -0.3 is 0 Å². The number of halogens is 1. The van der Waals surface area contributed by atoms with Gasteiger partial charge in [-0.2, -0.15) is 0 Å². The van der Waals surface area contributed by atoms with Crippen LogP contribution in [0.1, 0.15) is 43.5 Å². The van der Waals surface area contributed by atoms with Crippen molar-refractivity contribution in [2.24, 2.45) is 0 Å². The number of carbonyl (C=O) groups excluding carboxylic acids is 1. The number of fused-ring (bicyclic) bond motifs is 1. The van der Waals surface area contributed by atoms with Gasteiger partial charge in [-0.3, -0.25) is 4.79 Å². The minimum absolute atomic E-state index is 0.198. The summed E-state index contributed by atoms with van der Waals surface area (Å²) < 4.78 is 27.6. The number of hydrogen-bond donors (Lipinski definition) is 0. The summed E-state index contributed by atoms with van der Waals surface area (Å²) in [5.74, 6) is -0.569. The Balaban J connectivity index is 2.20. The van der Waals surface area contributed by atoms with Gasteiger partial charge in [0.05, 0.1) is 17.2 Å². The topological polar surface area (TPSA) is 37.4 Å². The molecule has 24 heavy (non-hydrogen) atoms. The second-order valence-corrected chi connectivity index (χ2v) is 9.03. The smallest absolute Gasteiger partial charge is 0.239 e. The normalized spacial score (nSPS) is 19.1. The van der Waals surface area contributed by atoms with Gasteiger partial charge in [0.25, 0.3) is 0 Å². The van der Waals surface area contributed by atoms with Crippen molar-refractivity contribution in [1.82, 2.24) is 4.31 Å². The zero-order valence-corrected chi connectivity index (χ0v) is 14.8. The van der Waals surface area contributed by atoms with E-state index in [0.717, 1.165) is 11.1 Å². The van der Waals surface area contributed by atoms with Crippen molar-refractivity contribution in [2.45, 2.75) is 38.0 Å². The highest BCUT2D eigenvalue weighted by Gasteiger charge is 2.40. The molecule has 0 N–H and O–H groups in total. The molecule has 0 saturated carbocycles. The molecule has 0 spiro atoms. The molecule has 2 atom stereocenters. The van der Waals surface area contributed by atoms with Gasteiger partial charge in [-0.15, -0.1) is 0 Å². The Morgan fingerprint density at radius 2 is 1.83 bits per heavy atom. The van der Waals surface area contributed by atoms with Crippen molar-refractivity contribution >= 4 is 16.9 Å². The molecule has 0 radical (unpaired) electrons. The van der Waals surface area contributed by atoms with Crippen LogP contribution in [0.4, 0.5) is 4.39 Å². The number of amides is 1. The average molecular weight is 345 g/mol. The fourth-order valence-corrected chi connectivity index (χ4v) is 4.21. The maximum atomic E-state index is 13.8. The van der Waals surface area contributed by atoms with E-state index in [1.54, 1.807) is 12.1 Å². The third-order valence-corrected chi connectivity index (χ3v) is 5.86. The maximum absolute atomic E-state index is 13.8. The quantitative estimate of drug-likeness (QED) is 0.831. The molecule has 3 nitrogen and oxygen atoms in total. The van der Waals surface area contributed by atoms with E-state index in [2.05, 4.69) is 0 Å². The first-order chi connectivity index (χ1) is 11.3. The van der Waals surface area contributed by atoms with Crippen LogP contribution in [0.3, 0.4) is 0 Å². The van der Waals surface area contributed by atoms with E-state index in [1.165, 1.54) is 16.4 Å². The lowest BCUT2D eigenvalue weighted by atomic mass is 9.89. The van der Waals surface area contributed by atoms with Crippen molar-refractivity contribution in [3.63, 3.8) is 0 Å². The summed E-state index contributed by atoms with van der Waals surface area (Å²) >= 11 is 0. The third-order valence-electron chi connectivity index (χ3n) is 4.04. The second-order valence-electron chi connectivity index (χ2n) is 6.91. The molecule has 3 rings (SSSR count). The third kappa shape index (κ3) is 3.00. The van der Waals surface area contributed by atoms with Crippen LogP contribution in [-0.2, 0) is 22.2 Å². The highest BCUT2D eigenvalue weighted by molar-refractivity contribution is 7.84. The molecule has 0 aliphatic carbocycles. The molecular weight excluding hydrogens is 325 g/mol. The van der Waals surface area contributed by atoms with Crippen LogP contribution in [0.2, 0.25) is 0 Å². The first kappa shape index (κ1) is 16.8. The number of rotatable bonds is 2. The van der Waals surface area contributed by atoms with Gasteiger partial charge in [0.2, 0.25) is 5.91 Å². The van der Waals surface area contributed by atoms with Gasteiger partial charge in [0.1, 0.15) is 16.8 Å². The first-order valence-corrected chi connectivity index (χ1v) is 8.97. The van der Waals surface area contributed by atoms with Crippen LogP contribution < -0.4 is 0 Å². The van der Waals surface area contributed by atoms with Gasteiger partial charge in [-0.25, -0.2) is 12.9 Å². The molecule has 1 heterocycles. The minimum atomic E-state index is -1.54. The van der Waals surface area contributed by atoms with Crippen molar-refractivity contribution in [1.29, 1.82) is 0 Å². The molecule has 5 heteroatoms. The molecular formula is C19H20FNO2S. The molecule has 2 aromatic carbocycles. The molecule has 1 aliphatic rings. The number of nitrogens with zero attached hydrogens (tertiary/aromatic N) is 1. The molecule has 0 aromatic heterocycles. The number of carbonyl (C=O) groups is 1. The molecule has 0 saturated heterocycles. The Bertz CT molecular complexity index is 813. The van der Waals surface area contributed by atoms with Crippen LogP contribution >= 0.6 is 0 Å². The lowest BCUT2D eigenvalue weighted by Crippen LogP contribution is -2.47. The van der Waals surface area contributed by atoms with E-state index in [0.29, 0.717) is 5.56 Å². The highest BCUT2D eigenvalue weighted by Crippen LogP contribution is 2.38. The summed E-state index contributed by atoms with van der Waals surface area (Å²) in [6.07, 6.45) is 0.212. The van der Waals surface area contributed by atoms with Crippen LogP contribution in [-0.4, -0.2) is 19.2 Å². The molecule has 126 valence electrons. The summed E-state index contributed by atoms with van der Waals surface area (Å²) in [6.45, 7) is 5.50. The molecule has 0 unspecified atom stereocenters. The summed E-state index contributed by atoms with van der Waals surface area (Å²) in [5, 5.41) is 0. The summed E-state index contributed by atoms with van der Waals surface area (Å²) in [5.41, 5.74) is 2.44. The fraction of sp³-hybridized carbons (Fsp3) is 0.316. The largest absolute Gasteiger partial charge is 0.273 e. The van der Waals surface area contributed by atoms with Crippen LogP contribution in [0.5, 0.6) is 0 Å². The van der Waals surface area contributed by atoms with Crippen molar-refractivity contribution in [2.75, 3.05) is 0 Å². The van der Waals surface area contributed by atoms with Gasteiger partial charge in [-0.05, 0) is 49.6 Å². The van der Waals surface area contributed by atoms with E-state index < -0.39 is 21.8 Å². The van der Waals surface area contributed by atoms with E-state index >= 15 is 0 Å². The zero-order chi connectivity index (χ0) is 17.5. The van der Waals surface area contributed by atoms with Crippen molar-refractivity contribution < 1.29 is 13.4 Å². The fourth-order valence-electron chi connectivity index (χ4n) is 2.95. The zero-order valence-electron chi connectivity index (χ0n) is 14.0. The monoisotopic (exact) mass is 345 g/mol. The van der Waals surface area contributed by atoms with E-state index in [1.807, 2.05) is 45.0 Å².